The standard InChI is InChI=1S/C24H30N4O2/c1-3-26(4-2)16-18-10-9-15-27(18)17-23(29)28-21-13-7-5-11-19(21)24(30)25-20-12-6-8-14-22(20)28/h5-8,11-14,18H,3-4,9-10,15-17H2,1-2H3,(H,25,30). The zero-order valence-electron chi connectivity index (χ0n) is 17.8. The van der Waals surface area contributed by atoms with E-state index in [-0.39, 0.29) is 11.8 Å². The molecule has 1 saturated heterocycles. The minimum absolute atomic E-state index is 0.00199. The first-order valence-corrected chi connectivity index (χ1v) is 10.9. The number of para-hydroxylation sites is 3. The Hall–Kier alpha value is -2.70. The number of carbonyl (C=O) groups excluding carboxylic acids is 2. The molecule has 0 saturated carbocycles. The number of anilines is 3. The molecule has 1 unspecified atom stereocenters. The average molecular weight is 407 g/mol. The number of hydrogen-bond acceptors (Lipinski definition) is 4. The molecule has 6 nitrogen and oxygen atoms in total. The van der Waals surface area contributed by atoms with Gasteiger partial charge in [-0.05, 0) is 56.7 Å². The third-order valence-corrected chi connectivity index (χ3v) is 6.23. The lowest BCUT2D eigenvalue weighted by Gasteiger charge is -2.31. The second-order valence-corrected chi connectivity index (χ2v) is 7.97. The van der Waals surface area contributed by atoms with E-state index in [1.54, 1.807) is 11.0 Å². The van der Waals surface area contributed by atoms with E-state index in [1.165, 1.54) is 0 Å². The largest absolute Gasteiger partial charge is 0.320 e. The van der Waals surface area contributed by atoms with Gasteiger partial charge in [-0.1, -0.05) is 38.1 Å². The molecule has 2 amide bonds. The molecule has 0 bridgehead atoms. The number of likely N-dealkylation sites (N-methyl/N-ethyl adjacent to an activating group) is 1. The highest BCUT2D eigenvalue weighted by Crippen LogP contribution is 2.38. The van der Waals surface area contributed by atoms with Crippen LogP contribution in [0.4, 0.5) is 17.1 Å². The number of likely N-dealkylation sites (tertiary alicyclic amines) is 1. The van der Waals surface area contributed by atoms with Gasteiger partial charge in [0, 0.05) is 12.6 Å². The molecule has 4 rings (SSSR count). The van der Waals surface area contributed by atoms with E-state index < -0.39 is 0 Å². The monoisotopic (exact) mass is 406 g/mol. The molecule has 2 heterocycles. The van der Waals surface area contributed by atoms with Crippen LogP contribution in [-0.4, -0.2) is 60.4 Å². The Kier molecular flexibility index (Phi) is 6.16. The first-order valence-electron chi connectivity index (χ1n) is 10.9. The van der Waals surface area contributed by atoms with Crippen molar-refractivity contribution in [3.8, 4) is 0 Å². The minimum atomic E-state index is -0.186. The summed E-state index contributed by atoms with van der Waals surface area (Å²) in [4.78, 5) is 32.8. The second-order valence-electron chi connectivity index (χ2n) is 7.97. The molecule has 2 aromatic rings. The lowest BCUT2D eigenvalue weighted by molar-refractivity contribution is -0.119. The molecular weight excluding hydrogens is 376 g/mol. The second kappa shape index (κ2) is 8.98. The predicted molar refractivity (Wildman–Crippen MR) is 120 cm³/mol. The number of nitrogens with zero attached hydrogens (tertiary/aromatic N) is 3. The fourth-order valence-corrected chi connectivity index (χ4v) is 4.56. The molecule has 0 aliphatic carbocycles. The molecule has 1 fully saturated rings. The van der Waals surface area contributed by atoms with Gasteiger partial charge in [-0.25, -0.2) is 0 Å². The summed E-state index contributed by atoms with van der Waals surface area (Å²) in [6.07, 6.45) is 2.24. The van der Waals surface area contributed by atoms with Gasteiger partial charge in [0.2, 0.25) is 5.91 Å². The van der Waals surface area contributed by atoms with Crippen LogP contribution in [0.15, 0.2) is 48.5 Å². The quantitative estimate of drug-likeness (QED) is 0.794. The van der Waals surface area contributed by atoms with Crippen molar-refractivity contribution in [3.63, 3.8) is 0 Å². The smallest absolute Gasteiger partial charge is 0.257 e. The number of amides is 2. The van der Waals surface area contributed by atoms with Crippen molar-refractivity contribution in [2.75, 3.05) is 42.9 Å². The van der Waals surface area contributed by atoms with E-state index >= 15 is 0 Å². The number of hydrogen-bond donors (Lipinski definition) is 1. The van der Waals surface area contributed by atoms with Crippen LogP contribution < -0.4 is 10.2 Å². The Labute approximate surface area is 178 Å². The number of fused-ring (bicyclic) bond motifs is 2. The zero-order chi connectivity index (χ0) is 21.1. The van der Waals surface area contributed by atoms with Crippen molar-refractivity contribution in [3.05, 3.63) is 54.1 Å². The van der Waals surface area contributed by atoms with E-state index in [0.29, 0.717) is 29.5 Å². The van der Waals surface area contributed by atoms with Gasteiger partial charge in [0.25, 0.3) is 5.91 Å². The van der Waals surface area contributed by atoms with Crippen molar-refractivity contribution < 1.29 is 9.59 Å². The zero-order valence-corrected chi connectivity index (χ0v) is 17.8. The number of carbonyl (C=O) groups is 2. The summed E-state index contributed by atoms with van der Waals surface area (Å²) in [6, 6.07) is 15.2. The molecule has 0 aromatic heterocycles. The van der Waals surface area contributed by atoms with Crippen LogP contribution in [0.3, 0.4) is 0 Å². The molecular formula is C24H30N4O2. The van der Waals surface area contributed by atoms with Gasteiger partial charge < -0.3 is 10.2 Å². The Morgan fingerprint density at radius 3 is 2.53 bits per heavy atom. The van der Waals surface area contributed by atoms with Crippen LogP contribution in [-0.2, 0) is 4.79 Å². The normalized spacial score (nSPS) is 18.7. The SMILES string of the molecule is CCN(CC)CC1CCCN1CC(=O)N1c2ccccc2NC(=O)c2ccccc21. The van der Waals surface area contributed by atoms with Gasteiger partial charge in [0.1, 0.15) is 0 Å². The van der Waals surface area contributed by atoms with Crippen molar-refractivity contribution in [1.29, 1.82) is 0 Å². The fraction of sp³-hybridized carbons (Fsp3) is 0.417. The summed E-state index contributed by atoms with van der Waals surface area (Å²) in [5.41, 5.74) is 2.54. The summed E-state index contributed by atoms with van der Waals surface area (Å²) in [7, 11) is 0. The first kappa shape index (κ1) is 20.6. The van der Waals surface area contributed by atoms with E-state index in [1.807, 2.05) is 42.5 Å². The highest BCUT2D eigenvalue weighted by Gasteiger charge is 2.33. The third kappa shape index (κ3) is 3.98. The van der Waals surface area contributed by atoms with Gasteiger partial charge in [-0.3, -0.25) is 19.4 Å². The molecule has 1 N–H and O–H groups in total. The molecule has 2 aliphatic heterocycles. The molecule has 6 heteroatoms. The summed E-state index contributed by atoms with van der Waals surface area (Å²) in [5.74, 6) is -0.188. The fourth-order valence-electron chi connectivity index (χ4n) is 4.56. The third-order valence-electron chi connectivity index (χ3n) is 6.23. The highest BCUT2D eigenvalue weighted by atomic mass is 16.2. The Morgan fingerprint density at radius 2 is 1.77 bits per heavy atom. The molecule has 1 atom stereocenters. The van der Waals surface area contributed by atoms with E-state index in [0.717, 1.165) is 44.7 Å². The van der Waals surface area contributed by atoms with Gasteiger partial charge >= 0.3 is 0 Å². The molecule has 2 aliphatic rings. The number of nitrogens with one attached hydrogen (secondary N) is 1. The summed E-state index contributed by atoms with van der Waals surface area (Å²) >= 11 is 0. The lowest BCUT2D eigenvalue weighted by Crippen LogP contribution is -2.45. The van der Waals surface area contributed by atoms with Crippen molar-refractivity contribution in [1.82, 2.24) is 9.80 Å². The van der Waals surface area contributed by atoms with Gasteiger partial charge in [-0.2, -0.15) is 0 Å². The first-order chi connectivity index (χ1) is 14.6. The molecule has 158 valence electrons. The van der Waals surface area contributed by atoms with Crippen molar-refractivity contribution in [2.24, 2.45) is 0 Å². The van der Waals surface area contributed by atoms with Crippen LogP contribution in [0.25, 0.3) is 0 Å². The van der Waals surface area contributed by atoms with E-state index in [4.69, 9.17) is 0 Å². The summed E-state index contributed by atoms with van der Waals surface area (Å²) < 4.78 is 0. The molecule has 2 aromatic carbocycles. The number of rotatable bonds is 6. The Morgan fingerprint density at radius 1 is 1.07 bits per heavy atom. The van der Waals surface area contributed by atoms with E-state index in [2.05, 4.69) is 29.0 Å². The molecule has 0 radical (unpaired) electrons. The summed E-state index contributed by atoms with van der Waals surface area (Å²) in [6.45, 7) is 8.69. The van der Waals surface area contributed by atoms with Gasteiger partial charge in [-0.15, -0.1) is 0 Å². The average Bonchev–Trinajstić information content (AvgIpc) is 3.14. The molecule has 30 heavy (non-hydrogen) atoms. The lowest BCUT2D eigenvalue weighted by atomic mass is 10.1. The van der Waals surface area contributed by atoms with Crippen LogP contribution in [0.2, 0.25) is 0 Å². The molecule has 0 spiro atoms. The van der Waals surface area contributed by atoms with Crippen LogP contribution >= 0.6 is 0 Å². The van der Waals surface area contributed by atoms with Crippen molar-refractivity contribution >= 4 is 28.9 Å². The maximum Gasteiger partial charge on any atom is 0.257 e. The minimum Gasteiger partial charge on any atom is -0.320 e. The Bertz CT molecular complexity index is 925. The Balaban J connectivity index is 1.64. The maximum atomic E-state index is 13.6. The van der Waals surface area contributed by atoms with Gasteiger partial charge in [0.05, 0.1) is 29.2 Å². The van der Waals surface area contributed by atoms with Crippen molar-refractivity contribution in [2.45, 2.75) is 32.7 Å². The van der Waals surface area contributed by atoms with Crippen LogP contribution in [0, 0.1) is 0 Å². The van der Waals surface area contributed by atoms with Gasteiger partial charge in [0.15, 0.2) is 0 Å². The predicted octanol–water partition coefficient (Wildman–Crippen LogP) is 3.72. The van der Waals surface area contributed by atoms with E-state index in [9.17, 15) is 9.59 Å². The topological polar surface area (TPSA) is 55.9 Å². The summed E-state index contributed by atoms with van der Waals surface area (Å²) in [5, 5.41) is 2.95. The van der Waals surface area contributed by atoms with Crippen LogP contribution in [0.1, 0.15) is 37.0 Å². The maximum absolute atomic E-state index is 13.6. The highest BCUT2D eigenvalue weighted by molar-refractivity contribution is 6.17. The number of benzene rings is 2. The van der Waals surface area contributed by atoms with Crippen LogP contribution in [0.5, 0.6) is 0 Å².